The number of alkyl halides is 5. The first-order valence-corrected chi connectivity index (χ1v) is 3.36. The Morgan fingerprint density at radius 3 is 1.25 bits per heavy atom. The summed E-state index contributed by atoms with van der Waals surface area (Å²) in [5, 5.41) is -6.10. The van der Waals surface area contributed by atoms with Gasteiger partial charge in [-0.3, -0.25) is 4.55 Å². The Balaban J connectivity index is 0. The Morgan fingerprint density at radius 1 is 1.00 bits per heavy atom. The SMILES string of the molecule is O=S(=O)(O)C(F)(F)C(F)(F)F.[In]. The van der Waals surface area contributed by atoms with Gasteiger partial charge in [0.1, 0.15) is 0 Å². The fraction of sp³-hybridized carbons (Fsp3) is 1.00. The van der Waals surface area contributed by atoms with Crippen molar-refractivity contribution in [2.75, 3.05) is 0 Å². The van der Waals surface area contributed by atoms with E-state index in [0.29, 0.717) is 0 Å². The van der Waals surface area contributed by atoms with Crippen molar-refractivity contribution in [2.45, 2.75) is 11.4 Å². The Bertz CT molecular complexity index is 242. The molecule has 0 unspecified atom stereocenters. The first-order chi connectivity index (χ1) is 4.50. The third kappa shape index (κ3) is 2.73. The number of rotatable bonds is 1. The molecule has 0 fully saturated rings. The smallest absolute Gasteiger partial charge is 0.281 e. The van der Waals surface area contributed by atoms with Crippen molar-refractivity contribution in [1.29, 1.82) is 0 Å². The molecule has 0 rings (SSSR count). The molecule has 0 bridgehead atoms. The van der Waals surface area contributed by atoms with Crippen LogP contribution in [0, 0.1) is 0 Å². The van der Waals surface area contributed by atoms with Gasteiger partial charge in [0.05, 0.1) is 0 Å². The average molecular weight is 315 g/mol. The van der Waals surface area contributed by atoms with E-state index in [4.69, 9.17) is 4.55 Å². The monoisotopic (exact) mass is 315 g/mol. The van der Waals surface area contributed by atoms with Gasteiger partial charge in [-0.25, -0.2) is 0 Å². The van der Waals surface area contributed by atoms with Crippen LogP contribution < -0.4 is 0 Å². The van der Waals surface area contributed by atoms with Crippen LogP contribution in [0.15, 0.2) is 0 Å². The summed E-state index contributed by atoms with van der Waals surface area (Å²) in [4.78, 5) is 0. The van der Waals surface area contributed by atoms with E-state index in [1.54, 1.807) is 0 Å². The van der Waals surface area contributed by atoms with E-state index in [1.807, 2.05) is 0 Å². The largest absolute Gasteiger partial charge is 0.472 e. The van der Waals surface area contributed by atoms with Crippen molar-refractivity contribution >= 4 is 36.0 Å². The molecular weight excluding hydrogens is 314 g/mol. The zero-order chi connectivity index (χ0) is 9.50. The van der Waals surface area contributed by atoms with E-state index in [0.717, 1.165) is 0 Å². The van der Waals surface area contributed by atoms with Crippen LogP contribution in [0.25, 0.3) is 0 Å². The summed E-state index contributed by atoms with van der Waals surface area (Å²) in [5.74, 6) is 0. The molecule has 71 valence electrons. The van der Waals surface area contributed by atoms with E-state index in [2.05, 4.69) is 0 Å². The summed E-state index contributed by atoms with van der Waals surface area (Å²) < 4.78 is 82.2. The van der Waals surface area contributed by atoms with Crippen LogP contribution in [0.5, 0.6) is 0 Å². The van der Waals surface area contributed by atoms with Crippen molar-refractivity contribution in [3.05, 3.63) is 0 Å². The quantitative estimate of drug-likeness (QED) is 0.571. The standard InChI is InChI=1S/C2HF5O3S.In/c3-1(4,5)2(6,7)11(8,9)10;/h(H,8,9,10);. The van der Waals surface area contributed by atoms with Crippen LogP contribution >= 0.6 is 0 Å². The Kier molecular flexibility index (Phi) is 4.55. The molecular formula is C2HF5InO3S. The zero-order valence-electron chi connectivity index (χ0n) is 5.14. The molecule has 0 aromatic carbocycles. The van der Waals surface area contributed by atoms with E-state index >= 15 is 0 Å². The molecule has 3 radical (unpaired) electrons. The second kappa shape index (κ2) is 3.66. The molecule has 0 spiro atoms. The van der Waals surface area contributed by atoms with E-state index in [1.165, 1.54) is 0 Å². The van der Waals surface area contributed by atoms with Crippen LogP contribution in [-0.2, 0) is 10.1 Å². The van der Waals surface area contributed by atoms with Crippen molar-refractivity contribution in [1.82, 2.24) is 0 Å². The number of hydrogen-bond donors (Lipinski definition) is 1. The van der Waals surface area contributed by atoms with Crippen LogP contribution in [0.4, 0.5) is 22.0 Å². The van der Waals surface area contributed by atoms with Gasteiger partial charge in [-0.05, 0) is 0 Å². The van der Waals surface area contributed by atoms with E-state index in [-0.39, 0.29) is 25.8 Å². The van der Waals surface area contributed by atoms with Crippen LogP contribution in [0.2, 0.25) is 0 Å². The zero-order valence-corrected chi connectivity index (χ0v) is 9.25. The minimum Gasteiger partial charge on any atom is -0.281 e. The Labute approximate surface area is 82.5 Å². The van der Waals surface area contributed by atoms with Gasteiger partial charge < -0.3 is 0 Å². The molecule has 0 aliphatic rings. The van der Waals surface area contributed by atoms with Crippen LogP contribution in [0.3, 0.4) is 0 Å². The van der Waals surface area contributed by atoms with Gasteiger partial charge in [-0.15, -0.1) is 0 Å². The first-order valence-electron chi connectivity index (χ1n) is 1.91. The topological polar surface area (TPSA) is 54.4 Å². The van der Waals surface area contributed by atoms with Gasteiger partial charge in [-0.2, -0.15) is 30.4 Å². The summed E-state index contributed by atoms with van der Waals surface area (Å²) in [7, 11) is -6.42. The average Bonchev–Trinajstić information content (AvgIpc) is 1.58. The third-order valence-electron chi connectivity index (χ3n) is 0.654. The van der Waals surface area contributed by atoms with Crippen LogP contribution in [0.1, 0.15) is 0 Å². The maximum absolute atomic E-state index is 11.5. The molecule has 3 nitrogen and oxygen atoms in total. The molecule has 0 aliphatic carbocycles. The van der Waals surface area contributed by atoms with E-state index < -0.39 is 21.5 Å². The predicted molar refractivity (Wildman–Crippen MR) is 28.3 cm³/mol. The van der Waals surface area contributed by atoms with E-state index in [9.17, 15) is 30.4 Å². The maximum atomic E-state index is 11.5. The molecule has 0 amide bonds. The van der Waals surface area contributed by atoms with Crippen molar-refractivity contribution in [3.63, 3.8) is 0 Å². The summed E-state index contributed by atoms with van der Waals surface area (Å²) >= 11 is 0. The van der Waals surface area contributed by atoms with Gasteiger partial charge in [0.25, 0.3) is 0 Å². The molecule has 0 heterocycles. The van der Waals surface area contributed by atoms with Gasteiger partial charge in [-0.1, -0.05) is 0 Å². The molecule has 0 saturated carbocycles. The fourth-order valence-electron chi connectivity index (χ4n) is 0.146. The molecule has 12 heavy (non-hydrogen) atoms. The van der Waals surface area contributed by atoms with Crippen LogP contribution in [-0.4, -0.2) is 50.2 Å². The molecule has 0 aromatic heterocycles. The van der Waals surface area contributed by atoms with Crippen molar-refractivity contribution in [2.24, 2.45) is 0 Å². The molecule has 0 aliphatic heterocycles. The molecule has 0 atom stereocenters. The summed E-state index contributed by atoms with van der Waals surface area (Å²) in [6, 6.07) is 0. The molecule has 0 saturated heterocycles. The second-order valence-electron chi connectivity index (χ2n) is 1.49. The van der Waals surface area contributed by atoms with Crippen molar-refractivity contribution < 1.29 is 34.9 Å². The molecule has 1 N–H and O–H groups in total. The van der Waals surface area contributed by atoms with Gasteiger partial charge in [0, 0.05) is 25.8 Å². The minimum absolute atomic E-state index is 0. The summed E-state index contributed by atoms with van der Waals surface area (Å²) in [6.07, 6.45) is -6.29. The third-order valence-corrected chi connectivity index (χ3v) is 1.53. The molecule has 10 heteroatoms. The van der Waals surface area contributed by atoms with Gasteiger partial charge in [0.2, 0.25) is 0 Å². The predicted octanol–water partition coefficient (Wildman–Crippen LogP) is 0.649. The normalized spacial score (nSPS) is 13.8. The fourth-order valence-corrected chi connectivity index (χ4v) is 0.439. The molecule has 0 aromatic rings. The summed E-state index contributed by atoms with van der Waals surface area (Å²) in [6.45, 7) is 0. The first kappa shape index (κ1) is 14.9. The van der Waals surface area contributed by atoms with Gasteiger partial charge in [0.15, 0.2) is 0 Å². The van der Waals surface area contributed by atoms with Crippen molar-refractivity contribution in [3.8, 4) is 0 Å². The Hall–Kier alpha value is 0.430. The van der Waals surface area contributed by atoms with Gasteiger partial charge >= 0.3 is 21.5 Å². The Morgan fingerprint density at radius 2 is 1.25 bits per heavy atom. The number of hydrogen-bond acceptors (Lipinski definition) is 2. The maximum Gasteiger partial charge on any atom is 0.472 e. The summed E-state index contributed by atoms with van der Waals surface area (Å²) in [5.41, 5.74) is 0. The number of halogens is 5. The second-order valence-corrected chi connectivity index (χ2v) is 2.95. The minimum atomic E-state index is -6.42.